The smallest absolute Gasteiger partial charge is 0.0205 e. The molecule has 1 atom stereocenters. The maximum Gasteiger partial charge on any atom is 0.0205 e. The first-order valence-corrected chi connectivity index (χ1v) is 6.93. The predicted octanol–water partition coefficient (Wildman–Crippen LogP) is 2.70. The normalized spacial score (nSPS) is 19.6. The molecule has 0 unspecified atom stereocenters. The molecule has 0 saturated carbocycles. The van der Waals surface area contributed by atoms with Gasteiger partial charge in [0.05, 0.1) is 0 Å². The van der Waals surface area contributed by atoms with Gasteiger partial charge in [-0.15, -0.1) is 0 Å². The lowest BCUT2D eigenvalue weighted by Gasteiger charge is -2.09. The minimum atomic E-state index is 0.809. The molecule has 0 amide bonds. The number of unbranched alkanes of at least 4 members (excludes halogenated alkanes) is 1. The Morgan fingerprint density at radius 2 is 2.06 bits per heavy atom. The molecule has 1 aliphatic heterocycles. The van der Waals surface area contributed by atoms with E-state index in [1.54, 1.807) is 0 Å². The van der Waals surface area contributed by atoms with Crippen LogP contribution in [0.15, 0.2) is 30.3 Å². The fraction of sp³-hybridized carbons (Fsp3) is 0.600. The number of hydrogen-bond donors (Lipinski definition) is 2. The molecule has 1 aromatic rings. The van der Waals surface area contributed by atoms with Crippen LogP contribution in [0.1, 0.15) is 37.7 Å². The van der Waals surface area contributed by atoms with Gasteiger partial charge >= 0.3 is 0 Å². The summed E-state index contributed by atoms with van der Waals surface area (Å²) in [6.07, 6.45) is 6.76. The summed E-state index contributed by atoms with van der Waals surface area (Å²) in [6.45, 7) is 3.38. The Morgan fingerprint density at radius 3 is 2.82 bits per heavy atom. The first kappa shape index (κ1) is 12.6. The summed E-state index contributed by atoms with van der Waals surface area (Å²) >= 11 is 0. The second-order valence-electron chi connectivity index (χ2n) is 4.95. The molecule has 1 saturated heterocycles. The summed E-state index contributed by atoms with van der Waals surface area (Å²) in [7, 11) is 0. The van der Waals surface area contributed by atoms with Crippen LogP contribution in [0.2, 0.25) is 0 Å². The highest BCUT2D eigenvalue weighted by Crippen LogP contribution is 2.11. The van der Waals surface area contributed by atoms with Crippen molar-refractivity contribution in [2.24, 2.45) is 0 Å². The van der Waals surface area contributed by atoms with E-state index < -0.39 is 0 Å². The van der Waals surface area contributed by atoms with Crippen LogP contribution in [0.5, 0.6) is 0 Å². The summed E-state index contributed by atoms with van der Waals surface area (Å²) in [4.78, 5) is 0. The van der Waals surface area contributed by atoms with E-state index in [9.17, 15) is 0 Å². The lowest BCUT2D eigenvalue weighted by atomic mass is 10.1. The summed E-state index contributed by atoms with van der Waals surface area (Å²) in [5.41, 5.74) is 1.38. The fourth-order valence-corrected chi connectivity index (χ4v) is 2.47. The molecule has 1 heterocycles. The van der Waals surface area contributed by atoms with Gasteiger partial charge in [0.25, 0.3) is 0 Å². The van der Waals surface area contributed by atoms with E-state index in [0.717, 1.165) is 19.1 Å². The van der Waals surface area contributed by atoms with Crippen molar-refractivity contribution in [1.82, 2.24) is 10.6 Å². The highest BCUT2D eigenvalue weighted by Gasteiger charge is 2.12. The van der Waals surface area contributed by atoms with Crippen LogP contribution in [-0.2, 0) is 6.54 Å². The quantitative estimate of drug-likeness (QED) is 0.706. The molecule has 2 nitrogen and oxygen atoms in total. The van der Waals surface area contributed by atoms with Crippen LogP contribution >= 0.6 is 0 Å². The molecule has 0 spiro atoms. The standard InChI is InChI=1S/C15H24N2/c1-2-7-14(8-3-1)13-16-11-5-4-9-15-10-6-12-17-15/h1-3,7-8,15-17H,4-6,9-13H2/t15-/m0/s1. The van der Waals surface area contributed by atoms with Gasteiger partial charge < -0.3 is 10.6 Å². The van der Waals surface area contributed by atoms with Gasteiger partial charge in [-0.25, -0.2) is 0 Å². The highest BCUT2D eigenvalue weighted by molar-refractivity contribution is 5.14. The zero-order chi connectivity index (χ0) is 11.8. The Morgan fingerprint density at radius 1 is 1.18 bits per heavy atom. The number of benzene rings is 1. The maximum atomic E-state index is 3.55. The Labute approximate surface area is 105 Å². The van der Waals surface area contributed by atoms with Crippen LogP contribution in [0.25, 0.3) is 0 Å². The molecule has 17 heavy (non-hydrogen) atoms. The zero-order valence-corrected chi connectivity index (χ0v) is 10.6. The molecule has 0 bridgehead atoms. The molecule has 0 aromatic heterocycles. The number of hydrogen-bond acceptors (Lipinski definition) is 2. The van der Waals surface area contributed by atoms with E-state index in [0.29, 0.717) is 0 Å². The van der Waals surface area contributed by atoms with Gasteiger partial charge in [-0.1, -0.05) is 36.8 Å². The van der Waals surface area contributed by atoms with E-state index in [4.69, 9.17) is 0 Å². The molecule has 2 heteroatoms. The fourth-order valence-electron chi connectivity index (χ4n) is 2.47. The minimum absolute atomic E-state index is 0.809. The van der Waals surface area contributed by atoms with Crippen LogP contribution in [-0.4, -0.2) is 19.1 Å². The number of rotatable bonds is 7. The lowest BCUT2D eigenvalue weighted by molar-refractivity contribution is 0.510. The van der Waals surface area contributed by atoms with E-state index >= 15 is 0 Å². The monoisotopic (exact) mass is 232 g/mol. The summed E-state index contributed by atoms with van der Waals surface area (Å²) in [5, 5.41) is 7.06. The predicted molar refractivity (Wildman–Crippen MR) is 73.0 cm³/mol. The number of nitrogens with one attached hydrogen (secondary N) is 2. The molecular weight excluding hydrogens is 208 g/mol. The van der Waals surface area contributed by atoms with Gasteiger partial charge in [-0.05, 0) is 44.3 Å². The molecule has 1 aromatic carbocycles. The molecule has 2 N–H and O–H groups in total. The Bertz CT molecular complexity index is 291. The first-order chi connectivity index (χ1) is 8.45. The van der Waals surface area contributed by atoms with Gasteiger partial charge in [0, 0.05) is 12.6 Å². The van der Waals surface area contributed by atoms with Crippen LogP contribution in [0, 0.1) is 0 Å². The average molecular weight is 232 g/mol. The largest absolute Gasteiger partial charge is 0.314 e. The van der Waals surface area contributed by atoms with Crippen LogP contribution < -0.4 is 10.6 Å². The zero-order valence-electron chi connectivity index (χ0n) is 10.6. The van der Waals surface area contributed by atoms with E-state index in [1.807, 2.05) is 0 Å². The third-order valence-electron chi connectivity index (χ3n) is 3.49. The Kier molecular flexibility index (Phi) is 5.53. The Balaban J connectivity index is 1.46. The van der Waals surface area contributed by atoms with Crippen molar-refractivity contribution in [1.29, 1.82) is 0 Å². The van der Waals surface area contributed by atoms with Crippen molar-refractivity contribution in [3.8, 4) is 0 Å². The molecule has 1 aliphatic rings. The third-order valence-corrected chi connectivity index (χ3v) is 3.49. The van der Waals surface area contributed by atoms with Crippen LogP contribution in [0.3, 0.4) is 0 Å². The topological polar surface area (TPSA) is 24.1 Å². The minimum Gasteiger partial charge on any atom is -0.314 e. The van der Waals surface area contributed by atoms with Gasteiger partial charge in [0.15, 0.2) is 0 Å². The average Bonchev–Trinajstić information content (AvgIpc) is 2.88. The molecule has 2 rings (SSSR count). The van der Waals surface area contributed by atoms with Crippen molar-refractivity contribution >= 4 is 0 Å². The van der Waals surface area contributed by atoms with Gasteiger partial charge in [0.1, 0.15) is 0 Å². The lowest BCUT2D eigenvalue weighted by Crippen LogP contribution is -2.21. The van der Waals surface area contributed by atoms with Crippen molar-refractivity contribution in [3.05, 3.63) is 35.9 Å². The first-order valence-electron chi connectivity index (χ1n) is 6.93. The summed E-state index contributed by atoms with van der Waals surface area (Å²) in [6, 6.07) is 11.4. The van der Waals surface area contributed by atoms with Gasteiger partial charge in [-0.3, -0.25) is 0 Å². The van der Waals surface area contributed by atoms with Gasteiger partial charge in [-0.2, -0.15) is 0 Å². The molecular formula is C15H24N2. The summed E-state index contributed by atoms with van der Waals surface area (Å²) in [5.74, 6) is 0. The molecule has 94 valence electrons. The molecule has 0 radical (unpaired) electrons. The maximum absolute atomic E-state index is 3.55. The van der Waals surface area contributed by atoms with E-state index in [1.165, 1.54) is 44.2 Å². The van der Waals surface area contributed by atoms with Crippen molar-refractivity contribution in [2.45, 2.75) is 44.7 Å². The second kappa shape index (κ2) is 7.46. The van der Waals surface area contributed by atoms with Crippen molar-refractivity contribution < 1.29 is 0 Å². The Hall–Kier alpha value is -0.860. The van der Waals surface area contributed by atoms with Crippen molar-refractivity contribution in [3.63, 3.8) is 0 Å². The van der Waals surface area contributed by atoms with Crippen LogP contribution in [0.4, 0.5) is 0 Å². The van der Waals surface area contributed by atoms with E-state index in [-0.39, 0.29) is 0 Å². The highest BCUT2D eigenvalue weighted by atomic mass is 14.9. The molecule has 1 fully saturated rings. The van der Waals surface area contributed by atoms with Crippen molar-refractivity contribution in [2.75, 3.05) is 13.1 Å². The summed E-state index contributed by atoms with van der Waals surface area (Å²) < 4.78 is 0. The van der Waals surface area contributed by atoms with E-state index in [2.05, 4.69) is 41.0 Å². The molecule has 0 aliphatic carbocycles. The van der Waals surface area contributed by atoms with Gasteiger partial charge in [0.2, 0.25) is 0 Å². The third kappa shape index (κ3) is 4.88. The second-order valence-corrected chi connectivity index (χ2v) is 4.95. The SMILES string of the molecule is c1ccc(CNCCCC[C@H]2CCCN2)cc1.